The topological polar surface area (TPSA) is 89.9 Å². The molecular weight excluding hydrogens is 332 g/mol. The maximum absolute atomic E-state index is 12.9. The molecule has 0 saturated heterocycles. The van der Waals surface area contributed by atoms with Gasteiger partial charge in [0.15, 0.2) is 0 Å². The molecule has 0 unspecified atom stereocenters. The summed E-state index contributed by atoms with van der Waals surface area (Å²) in [6, 6.07) is 0. The molecule has 0 aromatic carbocycles. The number of allylic oxidation sites excluding steroid dienone is 4. The Morgan fingerprint density at radius 1 is 1.38 bits per heavy atom. The molecule has 146 valence electrons. The Kier molecular flexibility index (Phi) is 9.30. The fourth-order valence-electron chi connectivity index (χ4n) is 3.19. The predicted molar refractivity (Wildman–Crippen MR) is 101 cm³/mol. The van der Waals surface area contributed by atoms with Gasteiger partial charge in [-0.05, 0) is 43.3 Å². The number of aliphatic hydroxyl groups is 1. The van der Waals surface area contributed by atoms with E-state index >= 15 is 0 Å². The number of carbonyl (C=O) groups is 2. The first-order valence-electron chi connectivity index (χ1n) is 9.28. The number of rotatable bonds is 8. The van der Waals surface area contributed by atoms with Gasteiger partial charge in [0.2, 0.25) is 5.91 Å². The van der Waals surface area contributed by atoms with Gasteiger partial charge in [-0.25, -0.2) is 5.48 Å². The zero-order chi connectivity index (χ0) is 19.7. The van der Waals surface area contributed by atoms with E-state index in [0.717, 1.165) is 12.8 Å². The molecule has 26 heavy (non-hydrogen) atoms. The minimum Gasteiger partial charge on any atom is -0.382 e. The Morgan fingerprint density at radius 2 is 2.08 bits per heavy atom. The summed E-state index contributed by atoms with van der Waals surface area (Å²) in [5.41, 5.74) is 3.83. The number of carbonyl (C=O) groups excluding carboxylic acids is 2. The quantitative estimate of drug-likeness (QED) is 0.351. The lowest BCUT2D eigenvalue weighted by molar-refractivity contribution is -0.151. The summed E-state index contributed by atoms with van der Waals surface area (Å²) in [7, 11) is 0. The van der Waals surface area contributed by atoms with Crippen molar-refractivity contribution in [3.63, 3.8) is 0 Å². The van der Waals surface area contributed by atoms with Crippen LogP contribution in [0.15, 0.2) is 35.5 Å². The molecule has 0 saturated carbocycles. The fraction of sp³-hybridized carbons (Fsp3) is 0.600. The van der Waals surface area contributed by atoms with Crippen molar-refractivity contribution in [1.29, 1.82) is 0 Å². The SMILES string of the molecule is C/C=C\C(=C/CC)C1=CCN(C(=O)[C@@H](CC(C)C)[C@@H](O)C(=O)NO)CC1. The second kappa shape index (κ2) is 10.9. The lowest BCUT2D eigenvalue weighted by Crippen LogP contribution is -2.48. The van der Waals surface area contributed by atoms with E-state index in [1.807, 2.05) is 32.9 Å². The first kappa shape index (κ1) is 22.1. The zero-order valence-corrected chi connectivity index (χ0v) is 16.2. The second-order valence-corrected chi connectivity index (χ2v) is 6.99. The summed E-state index contributed by atoms with van der Waals surface area (Å²) in [5, 5.41) is 18.9. The van der Waals surface area contributed by atoms with Gasteiger partial charge in [0.05, 0.1) is 5.92 Å². The van der Waals surface area contributed by atoms with E-state index in [0.29, 0.717) is 19.5 Å². The number of nitrogens with one attached hydrogen (secondary N) is 1. The summed E-state index contributed by atoms with van der Waals surface area (Å²) in [5.74, 6) is -1.93. The van der Waals surface area contributed by atoms with Crippen LogP contribution in [0.1, 0.15) is 47.0 Å². The Hall–Kier alpha value is -1.92. The van der Waals surface area contributed by atoms with Gasteiger partial charge in [-0.2, -0.15) is 0 Å². The van der Waals surface area contributed by atoms with E-state index in [1.54, 1.807) is 4.90 Å². The molecule has 1 aliphatic heterocycles. The van der Waals surface area contributed by atoms with Gasteiger partial charge >= 0.3 is 0 Å². The van der Waals surface area contributed by atoms with Crippen LogP contribution in [0.25, 0.3) is 0 Å². The van der Waals surface area contributed by atoms with Crippen molar-refractivity contribution in [1.82, 2.24) is 10.4 Å². The van der Waals surface area contributed by atoms with Crippen molar-refractivity contribution in [2.45, 2.75) is 53.1 Å². The van der Waals surface area contributed by atoms with Gasteiger partial charge in [-0.15, -0.1) is 0 Å². The van der Waals surface area contributed by atoms with Crippen LogP contribution >= 0.6 is 0 Å². The minimum atomic E-state index is -1.56. The third-order valence-electron chi connectivity index (χ3n) is 4.46. The van der Waals surface area contributed by atoms with Crippen molar-refractivity contribution < 1.29 is 19.9 Å². The van der Waals surface area contributed by atoms with E-state index in [-0.39, 0.29) is 11.8 Å². The highest BCUT2D eigenvalue weighted by Gasteiger charge is 2.35. The van der Waals surface area contributed by atoms with Crippen molar-refractivity contribution >= 4 is 11.8 Å². The summed E-state index contributed by atoms with van der Waals surface area (Å²) < 4.78 is 0. The van der Waals surface area contributed by atoms with E-state index in [9.17, 15) is 14.7 Å². The van der Waals surface area contributed by atoms with Crippen molar-refractivity contribution in [3.8, 4) is 0 Å². The van der Waals surface area contributed by atoms with E-state index < -0.39 is 17.9 Å². The lowest BCUT2D eigenvalue weighted by atomic mass is 9.89. The van der Waals surface area contributed by atoms with Crippen LogP contribution in [0.4, 0.5) is 0 Å². The monoisotopic (exact) mass is 364 g/mol. The molecule has 1 rings (SSSR count). The maximum atomic E-state index is 12.9. The molecule has 0 aromatic rings. The molecule has 0 bridgehead atoms. The zero-order valence-electron chi connectivity index (χ0n) is 16.2. The molecule has 0 spiro atoms. The average Bonchev–Trinajstić information content (AvgIpc) is 2.64. The van der Waals surface area contributed by atoms with E-state index in [4.69, 9.17) is 5.21 Å². The highest BCUT2D eigenvalue weighted by Crippen LogP contribution is 2.24. The Labute approximate surface area is 156 Å². The molecule has 2 atom stereocenters. The first-order chi connectivity index (χ1) is 12.3. The van der Waals surface area contributed by atoms with Gasteiger partial charge < -0.3 is 10.0 Å². The van der Waals surface area contributed by atoms with Crippen LogP contribution in [-0.2, 0) is 9.59 Å². The normalized spacial score (nSPS) is 18.0. The largest absolute Gasteiger partial charge is 0.382 e. The van der Waals surface area contributed by atoms with Crippen LogP contribution < -0.4 is 5.48 Å². The first-order valence-corrected chi connectivity index (χ1v) is 9.28. The minimum absolute atomic E-state index is 0.134. The molecule has 0 aliphatic carbocycles. The molecule has 3 N–H and O–H groups in total. The molecule has 0 radical (unpaired) electrons. The van der Waals surface area contributed by atoms with Gasteiger partial charge in [0.25, 0.3) is 5.91 Å². The number of hydrogen-bond donors (Lipinski definition) is 3. The number of hydrogen-bond acceptors (Lipinski definition) is 4. The third-order valence-corrected chi connectivity index (χ3v) is 4.46. The molecule has 0 fully saturated rings. The Balaban J connectivity index is 2.92. The van der Waals surface area contributed by atoms with Crippen LogP contribution in [0.5, 0.6) is 0 Å². The van der Waals surface area contributed by atoms with Gasteiger partial charge in [0, 0.05) is 13.1 Å². The fourth-order valence-corrected chi connectivity index (χ4v) is 3.19. The van der Waals surface area contributed by atoms with Gasteiger partial charge in [0.1, 0.15) is 6.10 Å². The standard InChI is InChI=1S/C20H32N2O4/c1-5-7-15(8-6-2)16-9-11-22(12-10-16)20(25)17(13-14(3)4)18(23)19(24)21-26/h5,7-9,14,17-18,23,26H,6,10-13H2,1-4H3,(H,21,24)/b7-5-,15-8+/t17-,18+/m0/s1. The van der Waals surface area contributed by atoms with Crippen LogP contribution in [0.2, 0.25) is 0 Å². The lowest BCUT2D eigenvalue weighted by Gasteiger charge is -2.32. The maximum Gasteiger partial charge on any atom is 0.272 e. The van der Waals surface area contributed by atoms with E-state index in [1.165, 1.54) is 16.6 Å². The van der Waals surface area contributed by atoms with Crippen molar-refractivity contribution in [2.24, 2.45) is 11.8 Å². The summed E-state index contributed by atoms with van der Waals surface area (Å²) >= 11 is 0. The van der Waals surface area contributed by atoms with Gasteiger partial charge in [-0.1, -0.05) is 45.1 Å². The van der Waals surface area contributed by atoms with Gasteiger partial charge in [-0.3, -0.25) is 14.8 Å². The summed E-state index contributed by atoms with van der Waals surface area (Å²) in [6.45, 7) is 8.92. The average molecular weight is 364 g/mol. The highest BCUT2D eigenvalue weighted by molar-refractivity contribution is 5.88. The van der Waals surface area contributed by atoms with Crippen LogP contribution in [0, 0.1) is 11.8 Å². The Morgan fingerprint density at radius 3 is 2.54 bits per heavy atom. The molecular formula is C20H32N2O4. The number of amides is 2. The Bertz CT molecular complexity index is 578. The van der Waals surface area contributed by atoms with Crippen molar-refractivity contribution in [2.75, 3.05) is 13.1 Å². The molecule has 1 aliphatic rings. The van der Waals surface area contributed by atoms with Crippen LogP contribution in [0.3, 0.4) is 0 Å². The summed E-state index contributed by atoms with van der Waals surface area (Å²) in [6.07, 6.45) is 8.77. The highest BCUT2D eigenvalue weighted by atomic mass is 16.5. The third kappa shape index (κ3) is 6.11. The summed E-state index contributed by atoms with van der Waals surface area (Å²) in [4.78, 5) is 26.1. The number of nitrogens with zero attached hydrogens (tertiary/aromatic N) is 1. The smallest absolute Gasteiger partial charge is 0.272 e. The number of aliphatic hydroxyl groups excluding tert-OH is 1. The molecule has 0 aromatic heterocycles. The molecule has 2 amide bonds. The van der Waals surface area contributed by atoms with Crippen LogP contribution in [-0.4, -0.2) is 46.2 Å². The second-order valence-electron chi connectivity index (χ2n) is 6.99. The van der Waals surface area contributed by atoms with Crippen molar-refractivity contribution in [3.05, 3.63) is 35.5 Å². The predicted octanol–water partition coefficient (Wildman–Crippen LogP) is 2.59. The van der Waals surface area contributed by atoms with E-state index in [2.05, 4.69) is 19.1 Å². The molecule has 1 heterocycles. The number of hydroxylamine groups is 1. The molecule has 6 nitrogen and oxygen atoms in total. The molecule has 6 heteroatoms.